The zero-order valence-corrected chi connectivity index (χ0v) is 11.4. The summed E-state index contributed by atoms with van der Waals surface area (Å²) in [6.07, 6.45) is 0.689. The maximum Gasteiger partial charge on any atom is 0.261 e. The Morgan fingerprint density at radius 2 is 2.00 bits per heavy atom. The van der Waals surface area contributed by atoms with Gasteiger partial charge in [0.2, 0.25) is 0 Å². The molecule has 0 saturated heterocycles. The van der Waals surface area contributed by atoms with Crippen LogP contribution in [0, 0.1) is 11.6 Å². The summed E-state index contributed by atoms with van der Waals surface area (Å²) in [6.45, 7) is 1.87. The Balaban J connectivity index is 2.08. The number of anilines is 2. The van der Waals surface area contributed by atoms with Gasteiger partial charge in [0.15, 0.2) is 5.82 Å². The van der Waals surface area contributed by atoms with Gasteiger partial charge in [-0.1, -0.05) is 18.2 Å². The predicted molar refractivity (Wildman–Crippen MR) is 77.2 cm³/mol. The summed E-state index contributed by atoms with van der Waals surface area (Å²) >= 11 is 0. The van der Waals surface area contributed by atoms with Crippen LogP contribution in [0.4, 0.5) is 20.2 Å². The first-order chi connectivity index (χ1) is 9.99. The summed E-state index contributed by atoms with van der Waals surface area (Å²) in [6, 6.07) is 9.08. The Kier molecular flexibility index (Phi) is 3.12. The lowest BCUT2D eigenvalue weighted by atomic mass is 10.1. The Hall–Kier alpha value is -2.43. The summed E-state index contributed by atoms with van der Waals surface area (Å²) in [5.74, 6) is -2.17. The smallest absolute Gasteiger partial charge is 0.261 e. The number of para-hydroxylation sites is 1. The zero-order chi connectivity index (χ0) is 15.1. The maximum absolute atomic E-state index is 14.0. The molecule has 1 unspecified atom stereocenters. The molecule has 0 spiro atoms. The average molecular weight is 288 g/mol. The van der Waals surface area contributed by atoms with E-state index in [0.717, 1.165) is 23.4 Å². The van der Waals surface area contributed by atoms with Crippen LogP contribution < -0.4 is 10.6 Å². The summed E-state index contributed by atoms with van der Waals surface area (Å²) < 4.78 is 27.5. The highest BCUT2D eigenvalue weighted by Crippen LogP contribution is 2.33. The van der Waals surface area contributed by atoms with Crippen LogP contribution in [-0.2, 0) is 6.42 Å². The summed E-state index contributed by atoms with van der Waals surface area (Å²) in [4.78, 5) is 14.1. The topological polar surface area (TPSA) is 46.3 Å². The molecule has 1 atom stereocenters. The molecule has 2 aromatic rings. The van der Waals surface area contributed by atoms with Crippen molar-refractivity contribution in [2.45, 2.75) is 19.4 Å². The third-order valence-corrected chi connectivity index (χ3v) is 3.72. The summed E-state index contributed by atoms with van der Waals surface area (Å²) in [7, 11) is 0. The molecule has 3 rings (SSSR count). The molecular weight excluding hydrogens is 274 g/mol. The van der Waals surface area contributed by atoms with Crippen molar-refractivity contribution in [2.75, 3.05) is 10.6 Å². The molecule has 1 amide bonds. The van der Waals surface area contributed by atoms with Gasteiger partial charge in [0.25, 0.3) is 5.91 Å². The fraction of sp³-hybridized carbons (Fsp3) is 0.188. The molecule has 3 nitrogen and oxygen atoms in total. The third kappa shape index (κ3) is 2.14. The highest BCUT2D eigenvalue weighted by molar-refractivity contribution is 6.08. The lowest BCUT2D eigenvalue weighted by molar-refractivity contribution is 0.0977. The zero-order valence-electron chi connectivity index (χ0n) is 11.4. The van der Waals surface area contributed by atoms with E-state index in [-0.39, 0.29) is 17.3 Å². The van der Waals surface area contributed by atoms with Gasteiger partial charge in [-0.15, -0.1) is 0 Å². The van der Waals surface area contributed by atoms with Gasteiger partial charge in [-0.2, -0.15) is 0 Å². The normalized spacial score (nSPS) is 16.9. The Bertz CT molecular complexity index is 730. The monoisotopic (exact) mass is 288 g/mol. The first kappa shape index (κ1) is 13.5. The predicted octanol–water partition coefficient (Wildman–Crippen LogP) is 3.14. The second kappa shape index (κ2) is 4.84. The Morgan fingerprint density at radius 3 is 2.76 bits per heavy atom. The van der Waals surface area contributed by atoms with E-state index in [9.17, 15) is 13.6 Å². The van der Waals surface area contributed by atoms with Crippen LogP contribution in [0.15, 0.2) is 36.4 Å². The van der Waals surface area contributed by atoms with Crippen LogP contribution in [0.3, 0.4) is 0 Å². The van der Waals surface area contributed by atoms with Crippen molar-refractivity contribution >= 4 is 17.3 Å². The number of hydrogen-bond donors (Lipinski definition) is 1. The van der Waals surface area contributed by atoms with E-state index in [2.05, 4.69) is 0 Å². The first-order valence-electron chi connectivity index (χ1n) is 6.65. The highest BCUT2D eigenvalue weighted by atomic mass is 19.1. The number of fused-ring (bicyclic) bond motifs is 1. The molecule has 0 aromatic heterocycles. The Morgan fingerprint density at radius 1 is 1.29 bits per heavy atom. The number of halogens is 2. The molecular formula is C16H14F2N2O. The standard InChI is InChI=1S/C16H14F2N2O/c1-9-6-10-4-2-3-5-14(10)20(9)16(21)12-7-11(17)8-13(19)15(12)18/h2-5,7-9H,6,19H2,1H3. The number of carbonyl (C=O) groups excluding carboxylic acids is 1. The Labute approximate surface area is 121 Å². The number of amides is 1. The van der Waals surface area contributed by atoms with Crippen molar-refractivity contribution in [3.8, 4) is 0 Å². The fourth-order valence-corrected chi connectivity index (χ4v) is 2.77. The molecule has 1 aliphatic heterocycles. The number of carbonyl (C=O) groups is 1. The van der Waals surface area contributed by atoms with Crippen LogP contribution in [0.1, 0.15) is 22.8 Å². The number of nitrogen functional groups attached to an aromatic ring is 1. The molecule has 0 radical (unpaired) electrons. The quantitative estimate of drug-likeness (QED) is 0.819. The molecule has 2 aromatic carbocycles. The number of nitrogens with two attached hydrogens (primary N) is 1. The molecule has 0 fully saturated rings. The van der Waals surface area contributed by atoms with E-state index in [1.165, 1.54) is 4.90 Å². The van der Waals surface area contributed by atoms with E-state index >= 15 is 0 Å². The largest absolute Gasteiger partial charge is 0.396 e. The van der Waals surface area contributed by atoms with Gasteiger partial charge >= 0.3 is 0 Å². The lowest BCUT2D eigenvalue weighted by Crippen LogP contribution is -2.36. The molecule has 21 heavy (non-hydrogen) atoms. The SMILES string of the molecule is CC1Cc2ccccc2N1C(=O)c1cc(F)cc(N)c1F. The van der Waals surface area contributed by atoms with Crippen molar-refractivity contribution < 1.29 is 13.6 Å². The fourth-order valence-electron chi connectivity index (χ4n) is 2.77. The summed E-state index contributed by atoms with van der Waals surface area (Å²) in [5.41, 5.74) is 6.45. The average Bonchev–Trinajstić information content (AvgIpc) is 2.78. The number of rotatable bonds is 1. The second-order valence-electron chi connectivity index (χ2n) is 5.21. The minimum absolute atomic E-state index is 0.112. The highest BCUT2D eigenvalue weighted by Gasteiger charge is 2.33. The van der Waals surface area contributed by atoms with E-state index in [0.29, 0.717) is 6.42 Å². The van der Waals surface area contributed by atoms with Crippen LogP contribution >= 0.6 is 0 Å². The molecule has 2 N–H and O–H groups in total. The van der Waals surface area contributed by atoms with E-state index < -0.39 is 17.5 Å². The van der Waals surface area contributed by atoms with Gasteiger partial charge in [0.1, 0.15) is 5.82 Å². The second-order valence-corrected chi connectivity index (χ2v) is 5.21. The maximum atomic E-state index is 14.0. The van der Waals surface area contributed by atoms with E-state index in [1.807, 2.05) is 25.1 Å². The van der Waals surface area contributed by atoms with Crippen LogP contribution in [0.5, 0.6) is 0 Å². The molecule has 0 aliphatic carbocycles. The first-order valence-corrected chi connectivity index (χ1v) is 6.65. The van der Waals surface area contributed by atoms with Gasteiger partial charge in [-0.25, -0.2) is 8.78 Å². The minimum atomic E-state index is -0.877. The van der Waals surface area contributed by atoms with Crippen LogP contribution in [0.25, 0.3) is 0 Å². The van der Waals surface area contributed by atoms with Gasteiger partial charge in [0.05, 0.1) is 11.3 Å². The lowest BCUT2D eigenvalue weighted by Gasteiger charge is -2.23. The number of benzene rings is 2. The van der Waals surface area contributed by atoms with Crippen molar-refractivity contribution in [3.63, 3.8) is 0 Å². The van der Waals surface area contributed by atoms with Crippen molar-refractivity contribution in [1.29, 1.82) is 0 Å². The number of hydrogen-bond acceptors (Lipinski definition) is 2. The molecule has 5 heteroatoms. The van der Waals surface area contributed by atoms with E-state index in [1.54, 1.807) is 6.07 Å². The molecule has 0 bridgehead atoms. The van der Waals surface area contributed by atoms with Crippen molar-refractivity contribution in [1.82, 2.24) is 0 Å². The molecule has 1 aliphatic rings. The van der Waals surface area contributed by atoms with Gasteiger partial charge in [-0.3, -0.25) is 4.79 Å². The van der Waals surface area contributed by atoms with E-state index in [4.69, 9.17) is 5.73 Å². The molecule has 1 heterocycles. The third-order valence-electron chi connectivity index (χ3n) is 3.72. The van der Waals surface area contributed by atoms with Crippen molar-refractivity contribution in [2.24, 2.45) is 0 Å². The summed E-state index contributed by atoms with van der Waals surface area (Å²) in [5, 5.41) is 0. The van der Waals surface area contributed by atoms with Gasteiger partial charge < -0.3 is 10.6 Å². The van der Waals surface area contributed by atoms with Crippen molar-refractivity contribution in [3.05, 3.63) is 59.2 Å². The van der Waals surface area contributed by atoms with Gasteiger partial charge in [0, 0.05) is 11.7 Å². The van der Waals surface area contributed by atoms with Gasteiger partial charge in [-0.05, 0) is 37.1 Å². The molecule has 0 saturated carbocycles. The number of nitrogens with zero attached hydrogens (tertiary/aromatic N) is 1. The molecule has 108 valence electrons. The van der Waals surface area contributed by atoms with Crippen LogP contribution in [-0.4, -0.2) is 11.9 Å². The van der Waals surface area contributed by atoms with Crippen LogP contribution in [0.2, 0.25) is 0 Å². The minimum Gasteiger partial charge on any atom is -0.396 e.